The highest BCUT2D eigenvalue weighted by atomic mass is 19.4. The van der Waals surface area contributed by atoms with E-state index in [1.54, 1.807) is 19.1 Å². The number of aromatic nitrogens is 1. The third-order valence-electron chi connectivity index (χ3n) is 2.66. The molecule has 0 fully saturated rings. The highest BCUT2D eigenvalue weighted by molar-refractivity contribution is 6.08. The summed E-state index contributed by atoms with van der Waals surface area (Å²) in [5.74, 6) is 3.87. The molecule has 0 radical (unpaired) electrons. The van der Waals surface area contributed by atoms with E-state index in [0.717, 1.165) is 6.07 Å². The molecule has 7 heteroatoms. The summed E-state index contributed by atoms with van der Waals surface area (Å²) in [5.41, 5.74) is -0.334. The van der Waals surface area contributed by atoms with Gasteiger partial charge in [-0.2, -0.15) is 22.8 Å². The van der Waals surface area contributed by atoms with Crippen molar-refractivity contribution in [2.45, 2.75) is 13.1 Å². The van der Waals surface area contributed by atoms with E-state index in [-0.39, 0.29) is 17.4 Å². The fourth-order valence-electron chi connectivity index (χ4n) is 1.70. The van der Waals surface area contributed by atoms with Gasteiger partial charge < -0.3 is 0 Å². The van der Waals surface area contributed by atoms with Crippen LogP contribution in [0.3, 0.4) is 0 Å². The largest absolute Gasteiger partial charge is 0.417 e. The van der Waals surface area contributed by atoms with Gasteiger partial charge in [-0.25, -0.2) is 4.98 Å². The molecule has 0 saturated heterocycles. The van der Waals surface area contributed by atoms with Crippen LogP contribution in [0.4, 0.5) is 13.2 Å². The van der Waals surface area contributed by atoms with Crippen LogP contribution in [0.15, 0.2) is 42.5 Å². The van der Waals surface area contributed by atoms with E-state index in [1.807, 2.05) is 0 Å². The van der Waals surface area contributed by atoms with Gasteiger partial charge in [0.05, 0.1) is 5.56 Å². The monoisotopic (exact) mass is 333 g/mol. The van der Waals surface area contributed by atoms with Gasteiger partial charge >= 0.3 is 12.3 Å². The van der Waals surface area contributed by atoms with Crippen LogP contribution in [-0.2, 0) is 15.8 Å². The van der Waals surface area contributed by atoms with Crippen LogP contribution in [0, 0.1) is 18.8 Å². The topological polar surface area (TPSA) is 64.1 Å². The number of hydrogen-bond donors (Lipinski definition) is 0. The number of aryl methyl sites for hydroxylation is 1. The van der Waals surface area contributed by atoms with Crippen molar-refractivity contribution in [2.75, 3.05) is 0 Å². The second-order valence-electron chi connectivity index (χ2n) is 4.37. The minimum absolute atomic E-state index is 0.118. The van der Waals surface area contributed by atoms with Crippen molar-refractivity contribution in [3.63, 3.8) is 0 Å². The zero-order chi connectivity index (χ0) is 18.2. The molecular weight excluding hydrogens is 323 g/mol. The second kappa shape index (κ2) is 8.42. The van der Waals surface area contributed by atoms with Crippen LogP contribution in [0.2, 0.25) is 0 Å². The molecule has 1 aromatic heterocycles. The highest BCUT2D eigenvalue weighted by Crippen LogP contribution is 2.31. The van der Waals surface area contributed by atoms with Gasteiger partial charge in [0.25, 0.3) is 5.78 Å². The smallest absolute Gasteiger partial charge is 0.277 e. The Kier molecular flexibility index (Phi) is 6.60. The fourth-order valence-corrected chi connectivity index (χ4v) is 1.70. The van der Waals surface area contributed by atoms with Gasteiger partial charge in [-0.3, -0.25) is 4.79 Å². The SMILES string of the molecule is Cc1cccc(C(=O)C#Cc2ccccc2C(F)(F)F)n1.O=C=O. The number of halogens is 3. The van der Waals surface area contributed by atoms with Gasteiger partial charge in [0.15, 0.2) is 0 Å². The summed E-state index contributed by atoms with van der Waals surface area (Å²) < 4.78 is 38.4. The molecule has 0 N–H and O–H groups in total. The van der Waals surface area contributed by atoms with Gasteiger partial charge in [-0.1, -0.05) is 24.1 Å². The second-order valence-corrected chi connectivity index (χ2v) is 4.37. The van der Waals surface area contributed by atoms with E-state index < -0.39 is 17.5 Å². The van der Waals surface area contributed by atoms with Crippen LogP contribution in [0.25, 0.3) is 0 Å². The van der Waals surface area contributed by atoms with Gasteiger partial charge in [0.2, 0.25) is 0 Å². The van der Waals surface area contributed by atoms with E-state index in [1.165, 1.54) is 24.3 Å². The van der Waals surface area contributed by atoms with Crippen molar-refractivity contribution in [2.24, 2.45) is 0 Å². The highest BCUT2D eigenvalue weighted by Gasteiger charge is 2.32. The van der Waals surface area contributed by atoms with E-state index in [2.05, 4.69) is 16.8 Å². The van der Waals surface area contributed by atoms with Crippen molar-refractivity contribution in [3.8, 4) is 11.8 Å². The van der Waals surface area contributed by atoms with Gasteiger partial charge in [0.1, 0.15) is 5.69 Å². The first kappa shape index (κ1) is 18.8. The summed E-state index contributed by atoms with van der Waals surface area (Å²) in [5, 5.41) is 0. The van der Waals surface area contributed by atoms with E-state index in [9.17, 15) is 18.0 Å². The standard InChI is InChI=1S/C16H10F3NO.CO2/c1-11-5-4-8-14(20-11)15(21)10-9-12-6-2-3-7-13(12)16(17,18)19;2-1-3/h2-8H,1H3;. The summed E-state index contributed by atoms with van der Waals surface area (Å²) >= 11 is 0. The number of Topliss-reactive ketones (excluding diaryl/α,β-unsaturated/α-hetero) is 1. The lowest BCUT2D eigenvalue weighted by molar-refractivity contribution is -0.191. The average Bonchev–Trinajstić information content (AvgIpc) is 2.53. The number of carbonyl (C=O) groups excluding carboxylic acids is 3. The van der Waals surface area contributed by atoms with E-state index >= 15 is 0 Å². The van der Waals surface area contributed by atoms with Crippen LogP contribution in [-0.4, -0.2) is 16.9 Å². The molecule has 0 bridgehead atoms. The molecule has 0 saturated carbocycles. The normalized spacial score (nSPS) is 9.67. The lowest BCUT2D eigenvalue weighted by atomic mass is 10.1. The molecule has 1 heterocycles. The third kappa shape index (κ3) is 5.52. The Morgan fingerprint density at radius 3 is 2.25 bits per heavy atom. The van der Waals surface area contributed by atoms with Crippen molar-refractivity contribution in [1.29, 1.82) is 0 Å². The van der Waals surface area contributed by atoms with Crippen LogP contribution in [0.5, 0.6) is 0 Å². The predicted molar refractivity (Wildman–Crippen MR) is 76.6 cm³/mol. The zero-order valence-corrected chi connectivity index (χ0v) is 12.3. The number of carbonyl (C=O) groups is 1. The molecule has 0 atom stereocenters. The summed E-state index contributed by atoms with van der Waals surface area (Å²) in [6.07, 6.45) is -4.25. The van der Waals surface area contributed by atoms with Crippen molar-refractivity contribution in [1.82, 2.24) is 4.98 Å². The molecule has 4 nitrogen and oxygen atoms in total. The lowest BCUT2D eigenvalue weighted by Crippen LogP contribution is -2.07. The zero-order valence-electron chi connectivity index (χ0n) is 12.3. The summed E-state index contributed by atoms with van der Waals surface area (Å²) in [6.45, 7) is 1.71. The Balaban J connectivity index is 0.000000891. The molecule has 0 amide bonds. The predicted octanol–water partition coefficient (Wildman–Crippen LogP) is 3.06. The van der Waals surface area contributed by atoms with Crippen molar-refractivity contribution >= 4 is 11.9 Å². The Morgan fingerprint density at radius 2 is 1.67 bits per heavy atom. The molecule has 0 unspecified atom stereocenters. The average molecular weight is 333 g/mol. The van der Waals surface area contributed by atoms with E-state index in [4.69, 9.17) is 9.59 Å². The van der Waals surface area contributed by atoms with E-state index in [0.29, 0.717) is 5.69 Å². The number of benzene rings is 1. The molecule has 1 aromatic carbocycles. The molecule has 0 aliphatic carbocycles. The number of ketones is 1. The Morgan fingerprint density at radius 1 is 1.04 bits per heavy atom. The Hall–Kier alpha value is -3.23. The molecule has 0 spiro atoms. The number of alkyl halides is 3. The minimum atomic E-state index is -4.50. The summed E-state index contributed by atoms with van der Waals surface area (Å²) in [7, 11) is 0. The maximum atomic E-state index is 12.8. The van der Waals surface area contributed by atoms with Crippen LogP contribution < -0.4 is 0 Å². The summed E-state index contributed by atoms with van der Waals surface area (Å²) in [6, 6.07) is 9.70. The molecule has 2 aromatic rings. The molecule has 2 rings (SSSR count). The third-order valence-corrected chi connectivity index (χ3v) is 2.66. The number of nitrogens with zero attached hydrogens (tertiary/aromatic N) is 1. The quantitative estimate of drug-likeness (QED) is 0.594. The maximum absolute atomic E-state index is 12.8. The molecular formula is C17H10F3NO3. The van der Waals surface area contributed by atoms with Gasteiger partial charge in [-0.15, -0.1) is 0 Å². The first-order valence-corrected chi connectivity index (χ1v) is 6.45. The lowest BCUT2D eigenvalue weighted by Gasteiger charge is -2.07. The molecule has 122 valence electrons. The van der Waals surface area contributed by atoms with Crippen LogP contribution >= 0.6 is 0 Å². The number of pyridine rings is 1. The maximum Gasteiger partial charge on any atom is 0.417 e. The number of hydrogen-bond acceptors (Lipinski definition) is 4. The summed E-state index contributed by atoms with van der Waals surface area (Å²) in [4.78, 5) is 32.0. The molecule has 0 aliphatic rings. The van der Waals surface area contributed by atoms with Crippen molar-refractivity contribution < 1.29 is 27.6 Å². The van der Waals surface area contributed by atoms with Gasteiger partial charge in [-0.05, 0) is 37.1 Å². The molecule has 24 heavy (non-hydrogen) atoms. The Bertz CT molecular complexity index is 827. The number of rotatable bonds is 1. The fraction of sp³-hybridized carbons (Fsp3) is 0.118. The Labute approximate surface area is 135 Å². The first-order chi connectivity index (χ1) is 11.3. The van der Waals surface area contributed by atoms with Crippen molar-refractivity contribution in [3.05, 3.63) is 65.0 Å². The molecule has 0 aliphatic heterocycles. The minimum Gasteiger partial charge on any atom is -0.277 e. The first-order valence-electron chi connectivity index (χ1n) is 6.45. The van der Waals surface area contributed by atoms with Gasteiger partial charge in [0, 0.05) is 11.3 Å². The van der Waals surface area contributed by atoms with Crippen LogP contribution in [0.1, 0.15) is 27.3 Å².